The van der Waals surface area contributed by atoms with Gasteiger partial charge in [0.2, 0.25) is 5.52 Å². The molecule has 0 fully saturated rings. The predicted octanol–water partition coefficient (Wildman–Crippen LogP) is 7.06. The van der Waals surface area contributed by atoms with Crippen LogP contribution in [0, 0.1) is 34.6 Å². The number of halogens is 2. The summed E-state index contributed by atoms with van der Waals surface area (Å²) in [5.74, 6) is -0.252. The number of carbonyl (C=O) groups excluding carboxylic acids is 2. The Bertz CT molecular complexity index is 1210. The molecular formula is C25H22Cl2O3P. The summed E-state index contributed by atoms with van der Waals surface area (Å²) >= 11 is 12.3. The summed E-state index contributed by atoms with van der Waals surface area (Å²) < 4.78 is 13.3. The van der Waals surface area contributed by atoms with Crippen LogP contribution in [-0.2, 0) is 4.57 Å². The van der Waals surface area contributed by atoms with E-state index in [0.29, 0.717) is 5.56 Å². The Labute approximate surface area is 193 Å². The molecule has 0 amide bonds. The van der Waals surface area contributed by atoms with Crippen LogP contribution in [0.2, 0.25) is 10.0 Å². The summed E-state index contributed by atoms with van der Waals surface area (Å²) in [4.78, 5) is 26.7. The monoisotopic (exact) mass is 471 g/mol. The quantitative estimate of drug-likeness (QED) is 0.295. The highest BCUT2D eigenvalue weighted by atomic mass is 35.5. The van der Waals surface area contributed by atoms with Gasteiger partial charge >= 0.3 is 0 Å². The molecule has 0 aliphatic rings. The highest BCUT2D eigenvalue weighted by Crippen LogP contribution is 2.36. The Morgan fingerprint density at radius 3 is 1.71 bits per heavy atom. The van der Waals surface area contributed by atoms with Gasteiger partial charge in [-0.15, -0.1) is 0 Å². The third-order valence-electron chi connectivity index (χ3n) is 5.96. The molecule has 0 aliphatic heterocycles. The van der Waals surface area contributed by atoms with Crippen LogP contribution in [0.1, 0.15) is 54.1 Å². The van der Waals surface area contributed by atoms with Crippen molar-refractivity contribution in [1.29, 1.82) is 0 Å². The van der Waals surface area contributed by atoms with E-state index in [1.54, 1.807) is 30.3 Å². The van der Waals surface area contributed by atoms with Gasteiger partial charge in [0.15, 0.2) is 13.6 Å². The minimum atomic E-state index is -2.61. The van der Waals surface area contributed by atoms with Crippen molar-refractivity contribution in [3.8, 4) is 0 Å². The number of rotatable bonds is 5. The van der Waals surface area contributed by atoms with E-state index in [9.17, 15) is 14.2 Å². The van der Waals surface area contributed by atoms with Gasteiger partial charge in [0.25, 0.3) is 0 Å². The molecule has 0 spiro atoms. The lowest BCUT2D eigenvalue weighted by Gasteiger charge is -2.18. The van der Waals surface area contributed by atoms with Crippen molar-refractivity contribution in [2.24, 2.45) is 0 Å². The third-order valence-corrected chi connectivity index (χ3v) is 8.01. The smallest absolute Gasteiger partial charge is 0.249 e. The average Bonchev–Trinajstić information content (AvgIpc) is 2.75. The number of ketones is 1. The van der Waals surface area contributed by atoms with Crippen LogP contribution in [0.5, 0.6) is 0 Å². The molecule has 1 unspecified atom stereocenters. The molecule has 0 saturated carbocycles. The molecule has 0 bridgehead atoms. The normalized spacial score (nSPS) is 11.4. The van der Waals surface area contributed by atoms with Gasteiger partial charge in [0.1, 0.15) is 0 Å². The molecule has 0 saturated heterocycles. The minimum absolute atomic E-state index is 0.00332. The van der Waals surface area contributed by atoms with Crippen molar-refractivity contribution in [3.63, 3.8) is 0 Å². The van der Waals surface area contributed by atoms with E-state index < -0.39 is 13.3 Å². The molecule has 1 atom stereocenters. The molecular weight excluding hydrogens is 450 g/mol. The van der Waals surface area contributed by atoms with Gasteiger partial charge in [-0.2, -0.15) is 0 Å². The highest BCUT2D eigenvalue weighted by Gasteiger charge is 2.28. The second-order valence-electron chi connectivity index (χ2n) is 7.54. The van der Waals surface area contributed by atoms with Crippen molar-refractivity contribution in [2.45, 2.75) is 34.6 Å². The Morgan fingerprint density at radius 2 is 1.16 bits per heavy atom. The summed E-state index contributed by atoms with van der Waals surface area (Å²) in [5, 5.41) is 0.431. The van der Waals surface area contributed by atoms with Crippen molar-refractivity contribution in [3.05, 3.63) is 97.0 Å². The molecule has 6 heteroatoms. The number of benzene rings is 3. The molecule has 0 N–H and O–H groups in total. The number of hydrogen-bond donors (Lipinski definition) is 0. The molecule has 3 nitrogen and oxygen atoms in total. The van der Waals surface area contributed by atoms with Gasteiger partial charge < -0.3 is 0 Å². The van der Waals surface area contributed by atoms with Crippen LogP contribution < -0.4 is 5.30 Å². The van der Waals surface area contributed by atoms with Gasteiger partial charge in [-0.3, -0.25) is 14.2 Å². The molecule has 3 rings (SSSR count). The van der Waals surface area contributed by atoms with Crippen LogP contribution in [0.3, 0.4) is 0 Å². The molecule has 3 aromatic carbocycles. The molecule has 159 valence electrons. The first kappa shape index (κ1) is 23.3. The first-order chi connectivity index (χ1) is 14.6. The van der Waals surface area contributed by atoms with E-state index in [0.717, 1.165) is 27.8 Å². The summed E-state index contributed by atoms with van der Waals surface area (Å²) in [5.41, 5.74) is 5.15. The van der Waals surface area contributed by atoms with E-state index in [1.165, 1.54) is 12.1 Å². The fraction of sp³-hybridized carbons (Fsp3) is 0.200. The molecule has 1 radical (unpaired) electrons. The van der Waals surface area contributed by atoms with Crippen LogP contribution in [0.15, 0.2) is 42.5 Å². The second-order valence-corrected chi connectivity index (χ2v) is 9.83. The van der Waals surface area contributed by atoms with Crippen LogP contribution >= 0.6 is 31.0 Å². The van der Waals surface area contributed by atoms with Crippen LogP contribution in [0.4, 0.5) is 0 Å². The zero-order chi connectivity index (χ0) is 23.0. The highest BCUT2D eigenvalue weighted by molar-refractivity contribution is 7.71. The first-order valence-corrected chi connectivity index (χ1v) is 11.8. The zero-order valence-electron chi connectivity index (χ0n) is 18.0. The fourth-order valence-corrected chi connectivity index (χ4v) is 5.71. The Hall–Kier alpha value is -2.32. The lowest BCUT2D eigenvalue weighted by molar-refractivity contribution is 0.103. The van der Waals surface area contributed by atoms with E-state index in [4.69, 9.17) is 23.2 Å². The maximum absolute atomic E-state index is 13.6. The third kappa shape index (κ3) is 4.11. The second kappa shape index (κ2) is 9.04. The van der Waals surface area contributed by atoms with Crippen molar-refractivity contribution >= 4 is 47.6 Å². The Kier molecular flexibility index (Phi) is 6.81. The molecule has 0 aromatic heterocycles. The van der Waals surface area contributed by atoms with Gasteiger partial charge in [0, 0.05) is 11.1 Å². The maximum Gasteiger partial charge on any atom is 0.249 e. The standard InChI is InChI=1S/C25H22Cl2O3P/c1-13-14(2)16(4)22(17(5)15(13)3)24(28)18-9-6-7-12-21(18)31(30)25(29)23-19(26)10-8-11-20(23)27/h6-12H,1-5H3. The summed E-state index contributed by atoms with van der Waals surface area (Å²) in [6, 6.07) is 11.2. The SMILES string of the molecule is Cc1c(C)c(C)c(C(=O)c2ccccc2[P](=O)C(=O)c2c(Cl)cccc2Cl)c(C)c1C. The van der Waals surface area contributed by atoms with Crippen LogP contribution in [-0.4, -0.2) is 11.3 Å². The molecule has 31 heavy (non-hydrogen) atoms. The Balaban J connectivity index is 2.15. The van der Waals surface area contributed by atoms with E-state index >= 15 is 0 Å². The molecule has 0 heterocycles. The zero-order valence-corrected chi connectivity index (χ0v) is 20.4. The summed E-state index contributed by atoms with van der Waals surface area (Å²) in [7, 11) is -2.61. The Morgan fingerprint density at radius 1 is 0.677 bits per heavy atom. The lowest BCUT2D eigenvalue weighted by atomic mass is 9.86. The van der Waals surface area contributed by atoms with Crippen molar-refractivity contribution < 1.29 is 14.2 Å². The van der Waals surface area contributed by atoms with E-state index in [2.05, 4.69) is 0 Å². The molecule has 3 aromatic rings. The van der Waals surface area contributed by atoms with E-state index in [1.807, 2.05) is 34.6 Å². The minimum Gasteiger partial charge on any atom is -0.289 e. The topological polar surface area (TPSA) is 51.2 Å². The van der Waals surface area contributed by atoms with Gasteiger partial charge in [-0.05, 0) is 86.7 Å². The predicted molar refractivity (Wildman–Crippen MR) is 128 cm³/mol. The van der Waals surface area contributed by atoms with Crippen molar-refractivity contribution in [2.75, 3.05) is 0 Å². The maximum atomic E-state index is 13.6. The molecule has 0 aliphatic carbocycles. The van der Waals surface area contributed by atoms with Gasteiger partial charge in [-0.25, -0.2) is 0 Å². The van der Waals surface area contributed by atoms with Gasteiger partial charge in [-0.1, -0.05) is 41.4 Å². The van der Waals surface area contributed by atoms with E-state index in [-0.39, 0.29) is 32.3 Å². The summed E-state index contributed by atoms with van der Waals surface area (Å²) in [6.45, 7) is 9.85. The summed E-state index contributed by atoms with van der Waals surface area (Å²) in [6.07, 6.45) is 0. The number of hydrogen-bond acceptors (Lipinski definition) is 3. The first-order valence-electron chi connectivity index (χ1n) is 9.74. The number of carbonyl (C=O) groups is 2. The van der Waals surface area contributed by atoms with Gasteiger partial charge in [0.05, 0.1) is 20.9 Å². The van der Waals surface area contributed by atoms with Crippen LogP contribution in [0.25, 0.3) is 0 Å². The van der Waals surface area contributed by atoms with Crippen molar-refractivity contribution in [1.82, 2.24) is 0 Å². The average molecular weight is 472 g/mol. The fourth-order valence-electron chi connectivity index (χ4n) is 3.73. The largest absolute Gasteiger partial charge is 0.289 e. The lowest BCUT2D eigenvalue weighted by Crippen LogP contribution is -2.18.